The molecule has 0 amide bonds. The number of esters is 1. The predicted octanol–water partition coefficient (Wildman–Crippen LogP) is 0.163. The molecule has 0 rings (SSSR count). The lowest BCUT2D eigenvalue weighted by atomic mass is 10.1. The summed E-state index contributed by atoms with van der Waals surface area (Å²) in [7, 11) is 1.13. The van der Waals surface area contributed by atoms with Gasteiger partial charge in [-0.3, -0.25) is 9.59 Å². The number of carbonyl (C=O) groups excluding carboxylic acids is 1. The predicted molar refractivity (Wildman–Crippen MR) is 48.7 cm³/mol. The smallest absolute Gasteiger partial charge is 0.322 e. The maximum absolute atomic E-state index is 10.8. The Morgan fingerprint density at radius 3 is 2.62 bits per heavy atom. The lowest BCUT2D eigenvalue weighted by molar-refractivity contribution is -0.143. The Labute approximate surface area is 84.1 Å². The summed E-state index contributed by atoms with van der Waals surface area (Å²) in [4.78, 5) is 20.9. The van der Waals surface area contributed by atoms with Gasteiger partial charge in [-0.25, -0.2) is 0 Å². The van der Waals surface area contributed by atoms with Crippen molar-refractivity contribution < 1.29 is 20.8 Å². The van der Waals surface area contributed by atoms with Crippen LogP contribution in [-0.4, -0.2) is 30.2 Å². The zero-order chi connectivity index (χ0) is 10.5. The van der Waals surface area contributed by atoms with Crippen LogP contribution in [0.3, 0.4) is 0 Å². The number of carboxylic acid groups (broad SMARTS) is 1. The van der Waals surface area contributed by atoms with Crippen LogP contribution in [0.4, 0.5) is 0 Å². The monoisotopic (exact) mass is 212 g/mol. The second-order valence-corrected chi connectivity index (χ2v) is 2.26. The summed E-state index contributed by atoms with van der Waals surface area (Å²) in [6.45, 7) is 0. The van der Waals surface area contributed by atoms with Crippen molar-refractivity contribution in [1.82, 2.24) is 0 Å². The molecular formula is C7H14ClNO4. The first-order chi connectivity index (χ1) is 5.90. The van der Waals surface area contributed by atoms with Crippen molar-refractivity contribution in [1.29, 1.82) is 0 Å². The minimum atomic E-state index is -1.83. The maximum Gasteiger partial charge on any atom is 0.322 e. The molecule has 0 bridgehead atoms. The first-order valence-corrected chi connectivity index (χ1v) is 3.49. The van der Waals surface area contributed by atoms with Gasteiger partial charge >= 0.3 is 11.9 Å². The summed E-state index contributed by atoms with van der Waals surface area (Å²) < 4.78 is 11.6. The molecule has 0 aromatic rings. The Hall–Kier alpha value is -0.810. The third-order valence-electron chi connectivity index (χ3n) is 1.28. The van der Waals surface area contributed by atoms with E-state index in [1.807, 2.05) is 0 Å². The molecule has 1 unspecified atom stereocenters. The summed E-state index contributed by atoms with van der Waals surface area (Å²) in [5, 5.41) is 8.29. The molecule has 0 radical (unpaired) electrons. The molecule has 6 heteroatoms. The Kier molecular flexibility index (Phi) is 7.33. The molecule has 13 heavy (non-hydrogen) atoms. The van der Waals surface area contributed by atoms with Gasteiger partial charge in [0.25, 0.3) is 0 Å². The van der Waals surface area contributed by atoms with Gasteiger partial charge in [0.1, 0.15) is 6.02 Å². The van der Waals surface area contributed by atoms with Crippen LogP contribution in [0.2, 0.25) is 0 Å². The highest BCUT2D eigenvalue weighted by Crippen LogP contribution is 1.99. The standard InChI is InChI=1S/C7H13NO4.ClH/c1-12-7(11)5(8)3-2-4-6(9)10;/h5H,2-4,8H2,1H3,(H,9,10);1H/i5D;. The van der Waals surface area contributed by atoms with E-state index in [1.54, 1.807) is 0 Å². The highest BCUT2D eigenvalue weighted by Gasteiger charge is 2.13. The van der Waals surface area contributed by atoms with E-state index in [0.717, 1.165) is 7.11 Å². The molecule has 0 aromatic heterocycles. The number of hydrogen-bond donors (Lipinski definition) is 2. The SMILES string of the molecule is Cl.[2H]C(N)(CCCC(=O)O)C(=O)OC. The molecule has 0 spiro atoms. The molecule has 0 aromatic carbocycles. The van der Waals surface area contributed by atoms with E-state index in [1.165, 1.54) is 0 Å². The van der Waals surface area contributed by atoms with Crippen molar-refractivity contribution in [2.45, 2.75) is 25.3 Å². The normalized spacial score (nSPS) is 14.8. The third-order valence-corrected chi connectivity index (χ3v) is 1.28. The summed E-state index contributed by atoms with van der Waals surface area (Å²) in [6.07, 6.45) is 0.0607. The lowest BCUT2D eigenvalue weighted by Crippen LogP contribution is -2.31. The van der Waals surface area contributed by atoms with Gasteiger partial charge in [0.15, 0.2) is 0 Å². The van der Waals surface area contributed by atoms with Gasteiger partial charge in [0.2, 0.25) is 0 Å². The molecule has 0 heterocycles. The molecule has 0 saturated carbocycles. The lowest BCUT2D eigenvalue weighted by Gasteiger charge is -2.06. The van der Waals surface area contributed by atoms with E-state index in [0.29, 0.717) is 0 Å². The quantitative estimate of drug-likeness (QED) is 0.634. The van der Waals surface area contributed by atoms with Crippen molar-refractivity contribution in [3.63, 3.8) is 0 Å². The van der Waals surface area contributed by atoms with Crippen molar-refractivity contribution in [2.24, 2.45) is 5.73 Å². The fourth-order valence-corrected chi connectivity index (χ4v) is 0.663. The fraction of sp³-hybridized carbons (Fsp3) is 0.714. The Balaban J connectivity index is 0. The number of rotatable bonds is 5. The first kappa shape index (κ1) is 12.2. The maximum atomic E-state index is 10.8. The second-order valence-electron chi connectivity index (χ2n) is 2.26. The number of hydrogen-bond acceptors (Lipinski definition) is 4. The second kappa shape index (κ2) is 7.82. The molecule has 0 saturated heterocycles. The summed E-state index contributed by atoms with van der Waals surface area (Å²) >= 11 is 0. The topological polar surface area (TPSA) is 89.6 Å². The summed E-state index contributed by atoms with van der Waals surface area (Å²) in [5.41, 5.74) is 5.26. The van der Waals surface area contributed by atoms with Crippen LogP contribution in [0.5, 0.6) is 0 Å². The minimum absolute atomic E-state index is 0. The zero-order valence-electron chi connectivity index (χ0n) is 8.28. The summed E-state index contributed by atoms with van der Waals surface area (Å²) in [6, 6.07) is -1.83. The number of methoxy groups -OCH3 is 1. The Morgan fingerprint density at radius 2 is 2.23 bits per heavy atom. The number of carbonyl (C=O) groups is 2. The number of halogens is 1. The van der Waals surface area contributed by atoms with Crippen LogP contribution in [0.25, 0.3) is 0 Å². The average Bonchev–Trinajstić information content (AvgIpc) is 2.01. The minimum Gasteiger partial charge on any atom is -0.481 e. The van der Waals surface area contributed by atoms with E-state index in [4.69, 9.17) is 12.2 Å². The van der Waals surface area contributed by atoms with Crippen LogP contribution in [-0.2, 0) is 14.3 Å². The molecule has 78 valence electrons. The van der Waals surface area contributed by atoms with E-state index in [-0.39, 0.29) is 31.7 Å². The van der Waals surface area contributed by atoms with Gasteiger partial charge in [-0.2, -0.15) is 0 Å². The number of carboxylic acids is 1. The molecule has 5 nitrogen and oxygen atoms in total. The highest BCUT2D eigenvalue weighted by atomic mass is 35.5. The zero-order valence-corrected chi connectivity index (χ0v) is 8.10. The van der Waals surface area contributed by atoms with Gasteiger partial charge in [-0.05, 0) is 12.8 Å². The van der Waals surface area contributed by atoms with Gasteiger partial charge in [0, 0.05) is 6.42 Å². The molecule has 1 atom stereocenters. The van der Waals surface area contributed by atoms with Crippen LogP contribution >= 0.6 is 12.4 Å². The highest BCUT2D eigenvalue weighted by molar-refractivity contribution is 5.85. The van der Waals surface area contributed by atoms with E-state index >= 15 is 0 Å². The largest absolute Gasteiger partial charge is 0.481 e. The molecule has 0 fully saturated rings. The van der Waals surface area contributed by atoms with Gasteiger partial charge in [-0.1, -0.05) is 0 Å². The van der Waals surface area contributed by atoms with Crippen molar-refractivity contribution in [3.8, 4) is 0 Å². The van der Waals surface area contributed by atoms with Crippen molar-refractivity contribution >= 4 is 24.3 Å². The van der Waals surface area contributed by atoms with E-state index in [9.17, 15) is 9.59 Å². The number of ether oxygens (including phenoxy) is 1. The van der Waals surface area contributed by atoms with E-state index in [2.05, 4.69) is 4.74 Å². The van der Waals surface area contributed by atoms with Crippen LogP contribution in [0, 0.1) is 0 Å². The van der Waals surface area contributed by atoms with Crippen molar-refractivity contribution in [3.05, 3.63) is 0 Å². The van der Waals surface area contributed by atoms with Gasteiger partial charge in [0.05, 0.1) is 8.48 Å². The van der Waals surface area contributed by atoms with Gasteiger partial charge < -0.3 is 15.6 Å². The van der Waals surface area contributed by atoms with Crippen LogP contribution in [0.15, 0.2) is 0 Å². The van der Waals surface area contributed by atoms with Crippen LogP contribution < -0.4 is 5.73 Å². The molecule has 0 aliphatic carbocycles. The molecule has 0 aliphatic heterocycles. The molecule has 3 N–H and O–H groups in total. The van der Waals surface area contributed by atoms with Crippen LogP contribution in [0.1, 0.15) is 20.6 Å². The molecular weight excluding hydrogens is 198 g/mol. The molecule has 0 aliphatic rings. The van der Waals surface area contributed by atoms with Crippen molar-refractivity contribution in [2.75, 3.05) is 7.11 Å². The van der Waals surface area contributed by atoms with Gasteiger partial charge in [-0.15, -0.1) is 12.4 Å². The number of nitrogens with two attached hydrogens (primary N) is 1. The Bertz CT molecular complexity index is 210. The Morgan fingerprint density at radius 1 is 1.69 bits per heavy atom. The average molecular weight is 213 g/mol. The summed E-state index contributed by atoms with van der Waals surface area (Å²) in [5.74, 6) is -1.82. The first-order valence-electron chi connectivity index (χ1n) is 3.99. The third kappa shape index (κ3) is 7.55. The number of aliphatic carboxylic acids is 1. The van der Waals surface area contributed by atoms with E-state index < -0.39 is 18.0 Å². The fourth-order valence-electron chi connectivity index (χ4n) is 0.663.